The van der Waals surface area contributed by atoms with Crippen molar-refractivity contribution in [2.24, 2.45) is 17.6 Å². The van der Waals surface area contributed by atoms with Crippen LogP contribution in [-0.4, -0.2) is 24.5 Å². The van der Waals surface area contributed by atoms with Crippen LogP contribution in [-0.2, 0) is 0 Å². The Morgan fingerprint density at radius 1 is 1.05 bits per heavy atom. The first kappa shape index (κ1) is 17.5. The molecule has 1 aromatic rings. The lowest BCUT2D eigenvalue weighted by atomic mass is 10.0. The Morgan fingerprint density at radius 3 is 2.10 bits per heavy atom. The summed E-state index contributed by atoms with van der Waals surface area (Å²) in [5.74, 6) is 1.37. The molecule has 0 bridgehead atoms. The van der Waals surface area contributed by atoms with E-state index in [0.29, 0.717) is 11.8 Å². The third-order valence-electron chi connectivity index (χ3n) is 3.31. The van der Waals surface area contributed by atoms with Crippen molar-refractivity contribution in [3.05, 3.63) is 34.9 Å². The molecule has 20 heavy (non-hydrogen) atoms. The molecule has 0 saturated heterocycles. The van der Waals surface area contributed by atoms with Crippen molar-refractivity contribution in [1.82, 2.24) is 4.90 Å². The van der Waals surface area contributed by atoms with Crippen LogP contribution >= 0.6 is 11.6 Å². The Kier molecular flexibility index (Phi) is 7.57. The minimum absolute atomic E-state index is 0.0190. The second-order valence-electron chi connectivity index (χ2n) is 6.46. The molecule has 1 unspecified atom stereocenters. The van der Waals surface area contributed by atoms with Gasteiger partial charge in [0, 0.05) is 24.2 Å². The van der Waals surface area contributed by atoms with E-state index in [2.05, 4.69) is 32.6 Å². The summed E-state index contributed by atoms with van der Waals surface area (Å²) < 4.78 is 0. The molecule has 0 radical (unpaired) electrons. The van der Waals surface area contributed by atoms with E-state index in [1.165, 1.54) is 0 Å². The Bertz CT molecular complexity index is 380. The fourth-order valence-electron chi connectivity index (χ4n) is 2.54. The molecule has 0 aliphatic carbocycles. The number of hydrogen-bond donors (Lipinski definition) is 1. The van der Waals surface area contributed by atoms with Gasteiger partial charge in [0.05, 0.1) is 0 Å². The van der Waals surface area contributed by atoms with Gasteiger partial charge in [-0.25, -0.2) is 0 Å². The van der Waals surface area contributed by atoms with Crippen molar-refractivity contribution in [2.75, 3.05) is 19.6 Å². The third kappa shape index (κ3) is 6.25. The van der Waals surface area contributed by atoms with Gasteiger partial charge in [-0.05, 0) is 36.4 Å². The minimum Gasteiger partial charge on any atom is -0.324 e. The van der Waals surface area contributed by atoms with Gasteiger partial charge in [-0.2, -0.15) is 0 Å². The van der Waals surface area contributed by atoms with E-state index in [1.54, 1.807) is 0 Å². The summed E-state index contributed by atoms with van der Waals surface area (Å²) in [6.45, 7) is 12.4. The molecular formula is C17H29ClN2. The van der Waals surface area contributed by atoms with E-state index in [1.807, 2.05) is 24.3 Å². The van der Waals surface area contributed by atoms with E-state index in [0.717, 1.165) is 36.6 Å². The standard InChI is InChI=1S/C17H29ClN2/c1-13(2)11-20(12-14(3)4)10-9-17(19)15-7-5-6-8-16(15)18/h5-8,13-14,17H,9-12,19H2,1-4H3. The van der Waals surface area contributed by atoms with Crippen LogP contribution in [0.1, 0.15) is 45.7 Å². The summed E-state index contributed by atoms with van der Waals surface area (Å²) >= 11 is 6.21. The maximum atomic E-state index is 6.29. The van der Waals surface area contributed by atoms with E-state index < -0.39 is 0 Å². The zero-order valence-electron chi connectivity index (χ0n) is 13.3. The maximum absolute atomic E-state index is 6.29. The number of nitrogens with two attached hydrogens (primary N) is 1. The van der Waals surface area contributed by atoms with Crippen molar-refractivity contribution >= 4 is 11.6 Å². The predicted molar refractivity (Wildman–Crippen MR) is 89.1 cm³/mol. The average molecular weight is 297 g/mol. The van der Waals surface area contributed by atoms with E-state index in [9.17, 15) is 0 Å². The van der Waals surface area contributed by atoms with Crippen LogP contribution in [0.15, 0.2) is 24.3 Å². The SMILES string of the molecule is CC(C)CN(CCC(N)c1ccccc1Cl)CC(C)C. The van der Waals surface area contributed by atoms with Crippen LogP contribution in [0.4, 0.5) is 0 Å². The van der Waals surface area contributed by atoms with E-state index >= 15 is 0 Å². The molecule has 1 atom stereocenters. The molecule has 0 aliphatic heterocycles. The molecular weight excluding hydrogens is 268 g/mol. The Labute approximate surface area is 129 Å². The molecule has 3 heteroatoms. The van der Waals surface area contributed by atoms with Crippen molar-refractivity contribution in [3.8, 4) is 0 Å². The summed E-state index contributed by atoms with van der Waals surface area (Å²) in [7, 11) is 0. The van der Waals surface area contributed by atoms with Crippen LogP contribution in [0.5, 0.6) is 0 Å². The number of benzene rings is 1. The fourth-order valence-corrected chi connectivity index (χ4v) is 2.82. The number of rotatable bonds is 8. The first-order valence-corrected chi connectivity index (χ1v) is 8.00. The second kappa shape index (κ2) is 8.66. The highest BCUT2D eigenvalue weighted by molar-refractivity contribution is 6.31. The van der Waals surface area contributed by atoms with Gasteiger partial charge >= 0.3 is 0 Å². The number of nitrogens with zero attached hydrogens (tertiary/aromatic N) is 1. The molecule has 114 valence electrons. The molecule has 1 rings (SSSR count). The second-order valence-corrected chi connectivity index (χ2v) is 6.87. The van der Waals surface area contributed by atoms with Crippen LogP contribution in [0.2, 0.25) is 5.02 Å². The van der Waals surface area contributed by atoms with Gasteiger partial charge in [0.15, 0.2) is 0 Å². The summed E-state index contributed by atoms with van der Waals surface area (Å²) in [5.41, 5.74) is 7.35. The summed E-state index contributed by atoms with van der Waals surface area (Å²) in [5, 5.41) is 0.777. The predicted octanol–water partition coefficient (Wildman–Crippen LogP) is 4.34. The van der Waals surface area contributed by atoms with Gasteiger partial charge in [0.2, 0.25) is 0 Å². The molecule has 0 heterocycles. The van der Waals surface area contributed by atoms with Gasteiger partial charge < -0.3 is 10.6 Å². The molecule has 2 nitrogen and oxygen atoms in total. The van der Waals surface area contributed by atoms with Gasteiger partial charge in [0.1, 0.15) is 0 Å². The first-order chi connectivity index (χ1) is 9.40. The van der Waals surface area contributed by atoms with Crippen LogP contribution < -0.4 is 5.73 Å². The highest BCUT2D eigenvalue weighted by Gasteiger charge is 2.14. The Morgan fingerprint density at radius 2 is 1.60 bits per heavy atom. The van der Waals surface area contributed by atoms with Gasteiger partial charge in [-0.15, -0.1) is 0 Å². The van der Waals surface area contributed by atoms with Crippen molar-refractivity contribution in [2.45, 2.75) is 40.2 Å². The zero-order chi connectivity index (χ0) is 15.1. The highest BCUT2D eigenvalue weighted by atomic mass is 35.5. The Balaban J connectivity index is 2.55. The molecule has 0 amide bonds. The first-order valence-electron chi connectivity index (χ1n) is 7.62. The van der Waals surface area contributed by atoms with Crippen LogP contribution in [0.3, 0.4) is 0 Å². The van der Waals surface area contributed by atoms with Gasteiger partial charge in [0.25, 0.3) is 0 Å². The van der Waals surface area contributed by atoms with Crippen molar-refractivity contribution in [1.29, 1.82) is 0 Å². The topological polar surface area (TPSA) is 29.3 Å². The van der Waals surface area contributed by atoms with Crippen molar-refractivity contribution in [3.63, 3.8) is 0 Å². The van der Waals surface area contributed by atoms with E-state index in [-0.39, 0.29) is 6.04 Å². The molecule has 0 aliphatic rings. The quantitative estimate of drug-likeness (QED) is 0.773. The zero-order valence-corrected chi connectivity index (χ0v) is 14.0. The molecule has 0 spiro atoms. The van der Waals surface area contributed by atoms with E-state index in [4.69, 9.17) is 17.3 Å². The number of hydrogen-bond acceptors (Lipinski definition) is 2. The molecule has 0 aromatic heterocycles. The smallest absolute Gasteiger partial charge is 0.0453 e. The van der Waals surface area contributed by atoms with Gasteiger partial charge in [-0.3, -0.25) is 0 Å². The lowest BCUT2D eigenvalue weighted by molar-refractivity contribution is 0.212. The summed E-state index contributed by atoms with van der Waals surface area (Å²) in [6.07, 6.45) is 0.948. The summed E-state index contributed by atoms with van der Waals surface area (Å²) in [6, 6.07) is 7.91. The average Bonchev–Trinajstić information content (AvgIpc) is 2.34. The highest BCUT2D eigenvalue weighted by Crippen LogP contribution is 2.23. The fraction of sp³-hybridized carbons (Fsp3) is 0.647. The monoisotopic (exact) mass is 296 g/mol. The van der Waals surface area contributed by atoms with Crippen molar-refractivity contribution < 1.29 is 0 Å². The van der Waals surface area contributed by atoms with Crippen LogP contribution in [0, 0.1) is 11.8 Å². The minimum atomic E-state index is 0.0190. The lowest BCUT2D eigenvalue weighted by Crippen LogP contribution is -2.33. The van der Waals surface area contributed by atoms with Gasteiger partial charge in [-0.1, -0.05) is 57.5 Å². The largest absolute Gasteiger partial charge is 0.324 e. The number of halogens is 1. The molecule has 0 saturated carbocycles. The third-order valence-corrected chi connectivity index (χ3v) is 3.65. The maximum Gasteiger partial charge on any atom is 0.0453 e. The molecule has 0 fully saturated rings. The molecule has 2 N–H and O–H groups in total. The lowest BCUT2D eigenvalue weighted by Gasteiger charge is -2.27. The Hall–Kier alpha value is -0.570. The molecule has 1 aromatic carbocycles. The summed E-state index contributed by atoms with van der Waals surface area (Å²) in [4.78, 5) is 2.52. The normalized spacial score (nSPS) is 13.4. The van der Waals surface area contributed by atoms with Crippen LogP contribution in [0.25, 0.3) is 0 Å².